The van der Waals surface area contributed by atoms with Crippen molar-refractivity contribution in [3.63, 3.8) is 0 Å². The first-order valence-electron chi connectivity index (χ1n) is 11.4. The summed E-state index contributed by atoms with van der Waals surface area (Å²) < 4.78 is 41.4. The van der Waals surface area contributed by atoms with Crippen molar-refractivity contribution >= 4 is 48.8 Å². The zero-order valence-electron chi connectivity index (χ0n) is 19.5. The lowest BCUT2D eigenvalue weighted by Gasteiger charge is -2.16. The average molecular weight is 523 g/mol. The van der Waals surface area contributed by atoms with E-state index in [1.54, 1.807) is 12.1 Å². The Bertz CT molecular complexity index is 1540. The first kappa shape index (κ1) is 24.2. The topological polar surface area (TPSA) is 82.9 Å². The van der Waals surface area contributed by atoms with Crippen LogP contribution in [0.2, 0.25) is 0 Å². The van der Waals surface area contributed by atoms with Gasteiger partial charge < -0.3 is 0 Å². The van der Waals surface area contributed by atoms with Gasteiger partial charge in [0.2, 0.25) is 15.2 Å². The van der Waals surface area contributed by atoms with E-state index in [4.69, 9.17) is 0 Å². The van der Waals surface area contributed by atoms with Crippen LogP contribution in [-0.4, -0.2) is 42.9 Å². The number of hydrogen-bond donors (Lipinski definition) is 0. The lowest BCUT2D eigenvalue weighted by molar-refractivity contribution is 0.0987. The summed E-state index contributed by atoms with van der Waals surface area (Å²) in [6, 6.07) is 17.4. The van der Waals surface area contributed by atoms with Crippen molar-refractivity contribution in [3.05, 3.63) is 89.2 Å². The summed E-state index contributed by atoms with van der Waals surface area (Å²) in [5.41, 5.74) is 2.68. The van der Waals surface area contributed by atoms with E-state index in [0.29, 0.717) is 23.8 Å². The van der Waals surface area contributed by atoms with Crippen LogP contribution in [0.5, 0.6) is 0 Å². The molecule has 10 heteroatoms. The Morgan fingerprint density at radius 1 is 1.06 bits per heavy atom. The Balaban J connectivity index is 1.49. The fraction of sp³-hybridized carbons (Fsp3) is 0.192. The molecule has 1 fully saturated rings. The highest BCUT2D eigenvalue weighted by Crippen LogP contribution is 2.31. The maximum atomic E-state index is 13.5. The Morgan fingerprint density at radius 2 is 1.75 bits per heavy atom. The molecule has 2 heterocycles. The quantitative estimate of drug-likeness (QED) is 0.257. The van der Waals surface area contributed by atoms with Crippen molar-refractivity contribution in [2.75, 3.05) is 18.1 Å². The summed E-state index contributed by atoms with van der Waals surface area (Å²) in [5.74, 6) is -0.833. The molecule has 0 saturated carbocycles. The van der Waals surface area contributed by atoms with Crippen molar-refractivity contribution in [1.29, 1.82) is 0 Å². The normalized spacial score (nSPS) is 14.6. The second-order valence-corrected chi connectivity index (χ2v) is 11.5. The lowest BCUT2D eigenvalue weighted by atomic mass is 10.2. The van der Waals surface area contributed by atoms with Crippen LogP contribution in [0.4, 0.5) is 9.52 Å². The molecule has 0 N–H and O–H groups in total. The first-order chi connectivity index (χ1) is 17.3. The standard InChI is InChI=1S/C26H23FN4O3S2/c1-18-4-13-23-24(16-18)35-26(29-23)31(28-17-19-5-9-21(27)10-6-19)25(32)20-7-11-22(12-8-20)36(33,34)30-14-2-3-15-30/h4-13,16-17H,2-3,14-15H2,1H3/b28-17+. The molecule has 1 aliphatic rings. The monoisotopic (exact) mass is 522 g/mol. The van der Waals surface area contributed by atoms with E-state index in [0.717, 1.165) is 28.6 Å². The minimum atomic E-state index is -3.59. The summed E-state index contributed by atoms with van der Waals surface area (Å²) >= 11 is 1.32. The summed E-state index contributed by atoms with van der Waals surface area (Å²) in [4.78, 5) is 18.3. The van der Waals surface area contributed by atoms with Gasteiger partial charge in [0.15, 0.2) is 0 Å². The third-order valence-electron chi connectivity index (χ3n) is 5.90. The van der Waals surface area contributed by atoms with Gasteiger partial charge in [-0.25, -0.2) is 17.8 Å². The Labute approximate surface area is 212 Å². The SMILES string of the molecule is Cc1ccc2nc(N(/N=C/c3ccc(F)cc3)C(=O)c3ccc(S(=O)(=O)N4CCCC4)cc3)sc2c1. The molecule has 0 aliphatic carbocycles. The number of hydrogen-bond acceptors (Lipinski definition) is 6. The van der Waals surface area contributed by atoms with Crippen LogP contribution in [0.25, 0.3) is 10.2 Å². The molecule has 0 radical (unpaired) electrons. The molecule has 1 aliphatic heterocycles. The van der Waals surface area contributed by atoms with Crippen molar-refractivity contribution in [3.8, 4) is 0 Å². The van der Waals surface area contributed by atoms with E-state index < -0.39 is 15.9 Å². The van der Waals surface area contributed by atoms with Gasteiger partial charge in [-0.1, -0.05) is 29.5 Å². The number of benzene rings is 3. The minimum absolute atomic E-state index is 0.151. The number of sulfonamides is 1. The molecule has 184 valence electrons. The first-order valence-corrected chi connectivity index (χ1v) is 13.7. The van der Waals surface area contributed by atoms with Gasteiger partial charge in [0.05, 0.1) is 21.3 Å². The van der Waals surface area contributed by atoms with Crippen molar-refractivity contribution in [1.82, 2.24) is 9.29 Å². The van der Waals surface area contributed by atoms with Crippen LogP contribution in [0.15, 0.2) is 76.7 Å². The molecular weight excluding hydrogens is 499 g/mol. The molecule has 0 atom stereocenters. The fourth-order valence-corrected chi connectivity index (χ4v) is 6.48. The van der Waals surface area contributed by atoms with Gasteiger partial charge in [-0.3, -0.25) is 4.79 Å². The van der Waals surface area contributed by atoms with E-state index in [9.17, 15) is 17.6 Å². The van der Waals surface area contributed by atoms with Gasteiger partial charge >= 0.3 is 0 Å². The van der Waals surface area contributed by atoms with Crippen LogP contribution in [0, 0.1) is 12.7 Å². The van der Waals surface area contributed by atoms with Gasteiger partial charge in [0.25, 0.3) is 5.91 Å². The molecule has 4 aromatic rings. The highest BCUT2D eigenvalue weighted by Gasteiger charge is 2.28. The summed E-state index contributed by atoms with van der Waals surface area (Å²) in [5, 5.41) is 5.94. The number of aryl methyl sites for hydroxylation is 1. The largest absolute Gasteiger partial charge is 0.280 e. The summed E-state index contributed by atoms with van der Waals surface area (Å²) in [6.45, 7) is 2.99. The number of anilines is 1. The van der Waals surface area contributed by atoms with Gasteiger partial charge in [-0.2, -0.15) is 14.4 Å². The van der Waals surface area contributed by atoms with Gasteiger partial charge in [0, 0.05) is 18.7 Å². The number of aromatic nitrogens is 1. The zero-order chi connectivity index (χ0) is 25.3. The number of halogens is 1. The number of amides is 1. The summed E-state index contributed by atoms with van der Waals surface area (Å²) in [7, 11) is -3.59. The zero-order valence-corrected chi connectivity index (χ0v) is 21.1. The molecule has 1 amide bonds. The molecule has 0 spiro atoms. The van der Waals surface area contributed by atoms with Crippen LogP contribution >= 0.6 is 11.3 Å². The molecule has 3 aromatic carbocycles. The Hall–Kier alpha value is -3.47. The Morgan fingerprint density at radius 3 is 2.44 bits per heavy atom. The van der Waals surface area contributed by atoms with Gasteiger partial charge in [-0.15, -0.1) is 0 Å². The average Bonchev–Trinajstić information content (AvgIpc) is 3.56. The number of carbonyl (C=O) groups is 1. The third-order valence-corrected chi connectivity index (χ3v) is 8.81. The third kappa shape index (κ3) is 4.92. The summed E-state index contributed by atoms with van der Waals surface area (Å²) in [6.07, 6.45) is 3.15. The number of hydrazone groups is 1. The van der Waals surface area contributed by atoms with Crippen molar-refractivity contribution in [2.45, 2.75) is 24.7 Å². The smallest absolute Gasteiger partial charge is 0.267 e. The predicted molar refractivity (Wildman–Crippen MR) is 140 cm³/mol. The molecule has 5 rings (SSSR count). The number of fused-ring (bicyclic) bond motifs is 1. The van der Waals surface area contributed by atoms with Crippen LogP contribution < -0.4 is 5.01 Å². The van der Waals surface area contributed by atoms with E-state index in [1.807, 2.05) is 25.1 Å². The number of carbonyl (C=O) groups excluding carboxylic acids is 1. The van der Waals surface area contributed by atoms with Gasteiger partial charge in [-0.05, 0) is 79.4 Å². The van der Waals surface area contributed by atoms with E-state index >= 15 is 0 Å². The highest BCUT2D eigenvalue weighted by molar-refractivity contribution is 7.89. The van der Waals surface area contributed by atoms with Crippen LogP contribution in [-0.2, 0) is 10.0 Å². The molecule has 36 heavy (non-hydrogen) atoms. The van der Waals surface area contributed by atoms with E-state index in [-0.39, 0.29) is 16.3 Å². The molecule has 0 unspecified atom stereocenters. The lowest BCUT2D eigenvalue weighted by Crippen LogP contribution is -2.28. The maximum absolute atomic E-state index is 13.5. The maximum Gasteiger partial charge on any atom is 0.280 e. The van der Waals surface area contributed by atoms with E-state index in [2.05, 4.69) is 10.1 Å². The van der Waals surface area contributed by atoms with Crippen LogP contribution in [0.3, 0.4) is 0 Å². The second kappa shape index (κ2) is 9.88. The molecule has 0 bridgehead atoms. The number of nitrogens with zero attached hydrogens (tertiary/aromatic N) is 4. The Kier molecular flexibility index (Phi) is 6.65. The fourth-order valence-electron chi connectivity index (χ4n) is 3.94. The number of rotatable bonds is 6. The second-order valence-electron chi connectivity index (χ2n) is 8.52. The van der Waals surface area contributed by atoms with Crippen LogP contribution in [0.1, 0.15) is 34.3 Å². The molecule has 1 aromatic heterocycles. The molecular formula is C26H23FN4O3S2. The van der Waals surface area contributed by atoms with Crippen molar-refractivity contribution < 1.29 is 17.6 Å². The molecule has 1 saturated heterocycles. The minimum Gasteiger partial charge on any atom is -0.267 e. The number of thiazole rings is 1. The van der Waals surface area contributed by atoms with Crippen molar-refractivity contribution in [2.24, 2.45) is 5.10 Å². The predicted octanol–water partition coefficient (Wildman–Crippen LogP) is 5.21. The van der Waals surface area contributed by atoms with E-state index in [1.165, 1.54) is 63.3 Å². The highest BCUT2D eigenvalue weighted by atomic mass is 32.2. The molecule has 7 nitrogen and oxygen atoms in total. The van der Waals surface area contributed by atoms with Gasteiger partial charge in [0.1, 0.15) is 5.82 Å².